The Labute approximate surface area is 119 Å². The molecule has 0 atom stereocenters. The van der Waals surface area contributed by atoms with Gasteiger partial charge in [0.2, 0.25) is 0 Å². The quantitative estimate of drug-likeness (QED) is 0.924. The molecule has 2 rings (SSSR count). The van der Waals surface area contributed by atoms with Crippen LogP contribution >= 0.6 is 0 Å². The van der Waals surface area contributed by atoms with Crippen LogP contribution in [0.3, 0.4) is 0 Å². The van der Waals surface area contributed by atoms with E-state index in [4.69, 9.17) is 0 Å². The fourth-order valence-electron chi connectivity index (χ4n) is 1.98. The first-order valence-corrected chi connectivity index (χ1v) is 6.19. The summed E-state index contributed by atoms with van der Waals surface area (Å²) in [4.78, 5) is 12.1. The first kappa shape index (κ1) is 15.1. The fraction of sp³-hybridized carbons (Fsp3) is 0.286. The second-order valence-corrected chi connectivity index (χ2v) is 4.70. The van der Waals surface area contributed by atoms with Crippen LogP contribution < -0.4 is 5.32 Å². The van der Waals surface area contributed by atoms with Crippen LogP contribution in [0.4, 0.5) is 18.9 Å². The number of carbonyl (C=O) groups is 1. The summed E-state index contributed by atoms with van der Waals surface area (Å²) in [5.41, 5.74) is 0.949. The molecule has 21 heavy (non-hydrogen) atoms. The molecule has 1 amide bonds. The summed E-state index contributed by atoms with van der Waals surface area (Å²) < 4.78 is 39.5. The summed E-state index contributed by atoms with van der Waals surface area (Å²) in [5.74, 6) is -0.597. The first-order valence-electron chi connectivity index (χ1n) is 6.19. The van der Waals surface area contributed by atoms with Crippen molar-refractivity contribution in [2.24, 2.45) is 7.05 Å². The van der Waals surface area contributed by atoms with Crippen LogP contribution in [0.25, 0.3) is 0 Å². The van der Waals surface area contributed by atoms with Crippen LogP contribution in [0, 0.1) is 13.8 Å². The number of aromatic nitrogens is 2. The summed E-state index contributed by atoms with van der Waals surface area (Å²) in [7, 11) is 1.72. The van der Waals surface area contributed by atoms with Gasteiger partial charge in [-0.1, -0.05) is 6.07 Å². The molecule has 1 heterocycles. The summed E-state index contributed by atoms with van der Waals surface area (Å²) in [6, 6.07) is 4.31. The summed E-state index contributed by atoms with van der Waals surface area (Å²) in [6.45, 7) is 3.48. The number of carbonyl (C=O) groups excluding carboxylic acids is 1. The van der Waals surface area contributed by atoms with E-state index in [1.807, 2.05) is 0 Å². The molecule has 7 heteroatoms. The number of nitrogens with zero attached hydrogens (tertiary/aromatic N) is 2. The second kappa shape index (κ2) is 5.23. The largest absolute Gasteiger partial charge is 0.416 e. The molecule has 0 unspecified atom stereocenters. The van der Waals surface area contributed by atoms with Crippen molar-refractivity contribution >= 4 is 11.6 Å². The third-order valence-electron chi connectivity index (χ3n) is 3.20. The van der Waals surface area contributed by atoms with Gasteiger partial charge in [0.05, 0.1) is 22.6 Å². The Hall–Kier alpha value is -2.31. The van der Waals surface area contributed by atoms with Gasteiger partial charge in [-0.25, -0.2) is 0 Å². The van der Waals surface area contributed by atoms with Crippen LogP contribution in [0.2, 0.25) is 0 Å². The minimum absolute atomic E-state index is 0.0486. The van der Waals surface area contributed by atoms with Gasteiger partial charge < -0.3 is 5.32 Å². The lowest BCUT2D eigenvalue weighted by atomic mass is 10.1. The van der Waals surface area contributed by atoms with Crippen LogP contribution in [0.5, 0.6) is 0 Å². The zero-order valence-corrected chi connectivity index (χ0v) is 11.7. The third kappa shape index (κ3) is 3.07. The van der Waals surface area contributed by atoms with Crippen molar-refractivity contribution in [1.29, 1.82) is 0 Å². The molecule has 2 aromatic rings. The molecule has 0 saturated heterocycles. The Balaban J connectivity index is 2.29. The number of rotatable bonds is 2. The number of halogens is 3. The Morgan fingerprint density at radius 1 is 1.29 bits per heavy atom. The van der Waals surface area contributed by atoms with Gasteiger partial charge in [0.15, 0.2) is 0 Å². The highest BCUT2D eigenvalue weighted by atomic mass is 19.4. The van der Waals surface area contributed by atoms with E-state index in [0.717, 1.165) is 17.8 Å². The SMILES string of the molecule is Cc1nn(C)c(C)c1NC(=O)c1cccc(C(F)(F)F)c1. The van der Waals surface area contributed by atoms with E-state index in [9.17, 15) is 18.0 Å². The maximum absolute atomic E-state index is 12.6. The average molecular weight is 297 g/mol. The van der Waals surface area contributed by atoms with Gasteiger partial charge in [-0.2, -0.15) is 18.3 Å². The van der Waals surface area contributed by atoms with Crippen LogP contribution in [-0.2, 0) is 13.2 Å². The van der Waals surface area contributed by atoms with Gasteiger partial charge in [0.1, 0.15) is 0 Å². The number of anilines is 1. The predicted molar refractivity (Wildman–Crippen MR) is 72.1 cm³/mol. The van der Waals surface area contributed by atoms with Crippen LogP contribution in [-0.4, -0.2) is 15.7 Å². The normalized spacial score (nSPS) is 11.5. The maximum Gasteiger partial charge on any atom is 0.416 e. The van der Waals surface area contributed by atoms with E-state index < -0.39 is 17.6 Å². The summed E-state index contributed by atoms with van der Waals surface area (Å²) >= 11 is 0. The molecule has 0 aliphatic carbocycles. The zero-order valence-electron chi connectivity index (χ0n) is 11.7. The lowest BCUT2D eigenvalue weighted by Gasteiger charge is -2.09. The molecule has 0 aliphatic rings. The number of aryl methyl sites for hydroxylation is 2. The molecule has 0 saturated carbocycles. The first-order chi connectivity index (χ1) is 9.70. The Bertz CT molecular complexity index is 689. The van der Waals surface area contributed by atoms with Crippen molar-refractivity contribution in [2.45, 2.75) is 20.0 Å². The number of alkyl halides is 3. The molecular formula is C14H14F3N3O. The van der Waals surface area contributed by atoms with Crippen molar-refractivity contribution in [3.05, 3.63) is 46.8 Å². The maximum atomic E-state index is 12.6. The fourth-order valence-corrected chi connectivity index (χ4v) is 1.98. The molecule has 4 nitrogen and oxygen atoms in total. The average Bonchev–Trinajstić information content (AvgIpc) is 2.64. The smallest absolute Gasteiger partial charge is 0.319 e. The molecule has 0 fully saturated rings. The van der Waals surface area contributed by atoms with Gasteiger partial charge in [-0.05, 0) is 32.0 Å². The highest BCUT2D eigenvalue weighted by Crippen LogP contribution is 2.29. The monoisotopic (exact) mass is 297 g/mol. The number of benzene rings is 1. The van der Waals surface area contributed by atoms with Gasteiger partial charge in [-0.3, -0.25) is 9.48 Å². The molecule has 0 aliphatic heterocycles. The van der Waals surface area contributed by atoms with Crippen LogP contribution in [0.1, 0.15) is 27.3 Å². The van der Waals surface area contributed by atoms with E-state index in [1.54, 1.807) is 25.6 Å². The van der Waals surface area contributed by atoms with Gasteiger partial charge in [0, 0.05) is 12.6 Å². The van der Waals surface area contributed by atoms with Crippen molar-refractivity contribution in [3.63, 3.8) is 0 Å². The predicted octanol–water partition coefficient (Wildman–Crippen LogP) is 3.31. The molecule has 0 radical (unpaired) electrons. The van der Waals surface area contributed by atoms with E-state index in [1.165, 1.54) is 12.1 Å². The Morgan fingerprint density at radius 3 is 2.48 bits per heavy atom. The number of hydrogen-bond acceptors (Lipinski definition) is 2. The molecule has 0 spiro atoms. The van der Waals surface area contributed by atoms with E-state index >= 15 is 0 Å². The van der Waals surface area contributed by atoms with Crippen molar-refractivity contribution in [1.82, 2.24) is 9.78 Å². The Morgan fingerprint density at radius 2 is 1.95 bits per heavy atom. The number of nitrogens with one attached hydrogen (secondary N) is 1. The van der Waals surface area contributed by atoms with Crippen LogP contribution in [0.15, 0.2) is 24.3 Å². The standard InChI is InChI=1S/C14H14F3N3O/c1-8-12(9(2)20(3)19-8)18-13(21)10-5-4-6-11(7-10)14(15,16)17/h4-7H,1-3H3,(H,18,21). The van der Waals surface area contributed by atoms with Crippen molar-refractivity contribution < 1.29 is 18.0 Å². The molecule has 0 bridgehead atoms. The van der Waals surface area contributed by atoms with E-state index in [2.05, 4.69) is 10.4 Å². The van der Waals surface area contributed by atoms with Gasteiger partial charge in [-0.15, -0.1) is 0 Å². The Kier molecular flexibility index (Phi) is 3.76. The lowest BCUT2D eigenvalue weighted by molar-refractivity contribution is -0.137. The zero-order chi connectivity index (χ0) is 15.8. The minimum Gasteiger partial charge on any atom is -0.319 e. The molecule has 112 valence electrons. The topological polar surface area (TPSA) is 46.9 Å². The van der Waals surface area contributed by atoms with Gasteiger partial charge in [0.25, 0.3) is 5.91 Å². The molecular weight excluding hydrogens is 283 g/mol. The van der Waals surface area contributed by atoms with E-state index in [0.29, 0.717) is 11.4 Å². The van der Waals surface area contributed by atoms with E-state index in [-0.39, 0.29) is 5.56 Å². The molecule has 1 N–H and O–H groups in total. The third-order valence-corrected chi connectivity index (χ3v) is 3.20. The van der Waals surface area contributed by atoms with Crippen molar-refractivity contribution in [2.75, 3.05) is 5.32 Å². The second-order valence-electron chi connectivity index (χ2n) is 4.70. The number of hydrogen-bond donors (Lipinski definition) is 1. The lowest BCUT2D eigenvalue weighted by Crippen LogP contribution is -2.15. The molecule has 1 aromatic carbocycles. The molecule has 1 aromatic heterocycles. The van der Waals surface area contributed by atoms with Gasteiger partial charge >= 0.3 is 6.18 Å². The summed E-state index contributed by atoms with van der Waals surface area (Å²) in [5, 5.41) is 6.74. The number of amides is 1. The summed E-state index contributed by atoms with van der Waals surface area (Å²) in [6.07, 6.45) is -4.48. The van der Waals surface area contributed by atoms with Crippen molar-refractivity contribution in [3.8, 4) is 0 Å². The highest BCUT2D eigenvalue weighted by Gasteiger charge is 2.31. The minimum atomic E-state index is -4.48. The highest BCUT2D eigenvalue weighted by molar-refractivity contribution is 6.05.